The number of halogens is 1. The lowest BCUT2D eigenvalue weighted by molar-refractivity contribution is 0.529. The lowest BCUT2D eigenvalue weighted by atomic mass is 10.1. The Balaban J connectivity index is 2.32. The van der Waals surface area contributed by atoms with Gasteiger partial charge in [-0.05, 0) is 41.4 Å². The molecule has 1 saturated carbocycles. The number of anilines is 1. The van der Waals surface area contributed by atoms with Crippen LogP contribution in [0.3, 0.4) is 0 Å². The number of aromatic nitrogens is 2. The molecule has 5 heteroatoms. The van der Waals surface area contributed by atoms with Crippen LogP contribution in [-0.4, -0.2) is 22.6 Å². The average Bonchev–Trinajstić information content (AvgIpc) is 2.83. The molecule has 4 nitrogen and oxygen atoms in total. The molecular formula is C13H20IN3O. The molecule has 1 fully saturated rings. The third-order valence-electron chi connectivity index (χ3n) is 3.38. The Morgan fingerprint density at radius 3 is 2.78 bits per heavy atom. The number of aromatic amines is 1. The van der Waals surface area contributed by atoms with Gasteiger partial charge in [-0.1, -0.05) is 26.7 Å². The van der Waals surface area contributed by atoms with Crippen LogP contribution in [0, 0.1) is 9.49 Å². The van der Waals surface area contributed by atoms with Crippen molar-refractivity contribution >= 4 is 28.4 Å². The number of rotatable bonds is 4. The minimum Gasteiger partial charge on any atom is -0.352 e. The van der Waals surface area contributed by atoms with Gasteiger partial charge in [0.2, 0.25) is 0 Å². The number of nitrogens with one attached hydrogen (secondary N) is 1. The summed E-state index contributed by atoms with van der Waals surface area (Å²) >= 11 is 2.11. The molecular weight excluding hydrogens is 341 g/mol. The normalized spacial score (nSPS) is 16.4. The molecule has 2 rings (SSSR count). The summed E-state index contributed by atoms with van der Waals surface area (Å²) in [6, 6.07) is 0.551. The third kappa shape index (κ3) is 3.05. The number of hydrogen-bond acceptors (Lipinski definition) is 3. The smallest absolute Gasteiger partial charge is 0.266 e. The van der Waals surface area contributed by atoms with E-state index < -0.39 is 0 Å². The van der Waals surface area contributed by atoms with Crippen molar-refractivity contribution in [3.8, 4) is 0 Å². The third-order valence-corrected chi connectivity index (χ3v) is 4.35. The van der Waals surface area contributed by atoms with E-state index in [1.54, 1.807) is 0 Å². The summed E-state index contributed by atoms with van der Waals surface area (Å²) in [5, 5.41) is 0. The van der Waals surface area contributed by atoms with E-state index in [2.05, 4.69) is 51.3 Å². The lowest BCUT2D eigenvalue weighted by Gasteiger charge is -2.32. The van der Waals surface area contributed by atoms with Crippen LogP contribution in [-0.2, 0) is 0 Å². The molecule has 1 aromatic rings. The first-order valence-electron chi connectivity index (χ1n) is 6.59. The molecule has 0 unspecified atom stereocenters. The van der Waals surface area contributed by atoms with Crippen molar-refractivity contribution in [1.29, 1.82) is 0 Å². The first kappa shape index (κ1) is 13.8. The van der Waals surface area contributed by atoms with E-state index in [1.165, 1.54) is 32.0 Å². The molecule has 100 valence electrons. The molecule has 1 aromatic heterocycles. The van der Waals surface area contributed by atoms with Crippen LogP contribution in [0.15, 0.2) is 11.1 Å². The molecule has 0 saturated heterocycles. The van der Waals surface area contributed by atoms with Gasteiger partial charge < -0.3 is 9.88 Å². The van der Waals surface area contributed by atoms with Crippen molar-refractivity contribution in [1.82, 2.24) is 9.97 Å². The Kier molecular flexibility index (Phi) is 4.64. The minimum atomic E-state index is -0.0349. The fourth-order valence-electron chi connectivity index (χ4n) is 2.59. The molecule has 0 aromatic carbocycles. The Bertz CT molecular complexity index is 452. The predicted octanol–water partition coefficient (Wildman–Crippen LogP) is 2.78. The zero-order chi connectivity index (χ0) is 13.1. The van der Waals surface area contributed by atoms with Gasteiger partial charge in [-0.3, -0.25) is 4.79 Å². The van der Waals surface area contributed by atoms with E-state index in [4.69, 9.17) is 0 Å². The van der Waals surface area contributed by atoms with Crippen LogP contribution >= 0.6 is 22.6 Å². The maximum Gasteiger partial charge on any atom is 0.266 e. The number of hydrogen-bond donors (Lipinski definition) is 1. The summed E-state index contributed by atoms with van der Waals surface area (Å²) in [5.41, 5.74) is -0.0349. The molecule has 0 atom stereocenters. The first-order valence-corrected chi connectivity index (χ1v) is 7.67. The van der Waals surface area contributed by atoms with E-state index >= 15 is 0 Å². The molecule has 0 radical (unpaired) electrons. The Morgan fingerprint density at radius 2 is 2.17 bits per heavy atom. The average molecular weight is 361 g/mol. The summed E-state index contributed by atoms with van der Waals surface area (Å²) < 4.78 is 0.711. The van der Waals surface area contributed by atoms with Crippen molar-refractivity contribution < 1.29 is 0 Å². The van der Waals surface area contributed by atoms with Gasteiger partial charge >= 0.3 is 0 Å². The molecule has 1 aliphatic rings. The van der Waals surface area contributed by atoms with Crippen molar-refractivity contribution in [2.75, 3.05) is 11.4 Å². The van der Waals surface area contributed by atoms with Crippen molar-refractivity contribution in [2.45, 2.75) is 45.6 Å². The second-order valence-corrected chi connectivity index (χ2v) is 6.43. The second-order valence-electron chi connectivity index (χ2n) is 5.35. The van der Waals surface area contributed by atoms with Gasteiger partial charge in [0.25, 0.3) is 5.56 Å². The van der Waals surface area contributed by atoms with Crippen molar-refractivity contribution in [3.63, 3.8) is 0 Å². The molecule has 0 spiro atoms. The van der Waals surface area contributed by atoms with E-state index in [0.29, 0.717) is 15.5 Å². The SMILES string of the molecule is CC(C)CN(c1nc[nH]c(=O)c1I)C1CCCC1. The standard InChI is InChI=1S/C13H20IN3O/c1-9(2)7-17(10-5-3-4-6-10)12-11(14)13(18)16-8-15-12/h8-10H,3-7H2,1-2H3,(H,15,16,18). The monoisotopic (exact) mass is 361 g/mol. The molecule has 1 heterocycles. The van der Waals surface area contributed by atoms with Crippen LogP contribution in [0.25, 0.3) is 0 Å². The summed E-state index contributed by atoms with van der Waals surface area (Å²) in [5.74, 6) is 1.43. The molecule has 0 bridgehead atoms. The highest BCUT2D eigenvalue weighted by molar-refractivity contribution is 14.1. The summed E-state index contributed by atoms with van der Waals surface area (Å²) in [7, 11) is 0. The van der Waals surface area contributed by atoms with Crippen LogP contribution in [0.1, 0.15) is 39.5 Å². The van der Waals surface area contributed by atoms with Gasteiger partial charge in [0.05, 0.1) is 6.33 Å². The Morgan fingerprint density at radius 1 is 1.50 bits per heavy atom. The van der Waals surface area contributed by atoms with Crippen molar-refractivity contribution in [2.24, 2.45) is 5.92 Å². The van der Waals surface area contributed by atoms with Crippen LogP contribution in [0.5, 0.6) is 0 Å². The summed E-state index contributed by atoms with van der Waals surface area (Å²) in [6.45, 7) is 5.39. The van der Waals surface area contributed by atoms with E-state index in [-0.39, 0.29) is 5.56 Å². The van der Waals surface area contributed by atoms with Gasteiger partial charge in [-0.25, -0.2) is 4.98 Å². The molecule has 1 N–H and O–H groups in total. The van der Waals surface area contributed by atoms with Gasteiger partial charge in [-0.15, -0.1) is 0 Å². The zero-order valence-corrected chi connectivity index (χ0v) is 13.1. The highest BCUT2D eigenvalue weighted by atomic mass is 127. The highest BCUT2D eigenvalue weighted by Crippen LogP contribution is 2.29. The maximum atomic E-state index is 11.7. The fourth-order valence-corrected chi connectivity index (χ4v) is 3.20. The van der Waals surface area contributed by atoms with Crippen LogP contribution in [0.2, 0.25) is 0 Å². The highest BCUT2D eigenvalue weighted by Gasteiger charge is 2.26. The first-order chi connectivity index (χ1) is 8.59. The minimum absolute atomic E-state index is 0.0349. The Labute approximate surface area is 121 Å². The number of H-pyrrole nitrogens is 1. The maximum absolute atomic E-state index is 11.7. The van der Waals surface area contributed by atoms with E-state index in [9.17, 15) is 4.79 Å². The Hall–Kier alpha value is -0.590. The van der Waals surface area contributed by atoms with Gasteiger partial charge in [0, 0.05) is 12.6 Å². The van der Waals surface area contributed by atoms with Crippen LogP contribution in [0.4, 0.5) is 5.82 Å². The predicted molar refractivity (Wildman–Crippen MR) is 82.0 cm³/mol. The fraction of sp³-hybridized carbons (Fsp3) is 0.692. The molecule has 1 aliphatic carbocycles. The largest absolute Gasteiger partial charge is 0.352 e. The van der Waals surface area contributed by atoms with E-state index in [0.717, 1.165) is 12.4 Å². The van der Waals surface area contributed by atoms with E-state index in [1.807, 2.05) is 0 Å². The topological polar surface area (TPSA) is 49.0 Å². The second kappa shape index (κ2) is 6.04. The van der Waals surface area contributed by atoms with Gasteiger partial charge in [0.1, 0.15) is 9.39 Å². The van der Waals surface area contributed by atoms with Crippen LogP contribution < -0.4 is 10.5 Å². The zero-order valence-electron chi connectivity index (χ0n) is 10.9. The molecule has 0 aliphatic heterocycles. The lowest BCUT2D eigenvalue weighted by Crippen LogP contribution is -2.38. The van der Waals surface area contributed by atoms with Gasteiger partial charge in [0.15, 0.2) is 0 Å². The quantitative estimate of drug-likeness (QED) is 0.839. The summed E-state index contributed by atoms with van der Waals surface area (Å²) in [4.78, 5) is 21.1. The van der Waals surface area contributed by atoms with Gasteiger partial charge in [-0.2, -0.15) is 0 Å². The van der Waals surface area contributed by atoms with Crippen molar-refractivity contribution in [3.05, 3.63) is 20.3 Å². The molecule has 18 heavy (non-hydrogen) atoms. The number of nitrogens with zero attached hydrogens (tertiary/aromatic N) is 2. The molecule has 0 amide bonds. The summed E-state index contributed by atoms with van der Waals surface area (Å²) in [6.07, 6.45) is 6.54.